The van der Waals surface area contributed by atoms with Gasteiger partial charge >= 0.3 is 0 Å². The van der Waals surface area contributed by atoms with E-state index in [1.54, 1.807) is 23.1 Å². The van der Waals surface area contributed by atoms with E-state index in [9.17, 15) is 9.18 Å². The van der Waals surface area contributed by atoms with Gasteiger partial charge in [0.25, 0.3) is 0 Å². The van der Waals surface area contributed by atoms with Crippen LogP contribution in [0, 0.1) is 5.82 Å². The van der Waals surface area contributed by atoms with E-state index in [0.717, 1.165) is 26.1 Å². The van der Waals surface area contributed by atoms with Gasteiger partial charge in [0.2, 0.25) is 5.91 Å². The summed E-state index contributed by atoms with van der Waals surface area (Å²) in [5.74, 6) is -0.221. The fraction of sp³-hybridized carbons (Fsp3) is 0.562. The zero-order chi connectivity index (χ0) is 15.2. The minimum absolute atomic E-state index is 0.0443. The fourth-order valence-electron chi connectivity index (χ4n) is 2.77. The molecule has 0 radical (unpaired) electrons. The lowest BCUT2D eigenvalue weighted by molar-refractivity contribution is -0.128. The van der Waals surface area contributed by atoms with Crippen molar-refractivity contribution in [3.8, 4) is 0 Å². The molecule has 5 heteroatoms. The van der Waals surface area contributed by atoms with Gasteiger partial charge in [-0.25, -0.2) is 4.39 Å². The third-order valence-electron chi connectivity index (χ3n) is 4.05. The number of nitrogens with zero attached hydrogens (tertiary/aromatic N) is 2. The van der Waals surface area contributed by atoms with Crippen molar-refractivity contribution in [2.75, 3.05) is 32.7 Å². The number of nitrogens with one attached hydrogen (secondary N) is 1. The highest BCUT2D eigenvalue weighted by Gasteiger charge is 2.32. The lowest BCUT2D eigenvalue weighted by Crippen LogP contribution is -2.34. The zero-order valence-electron chi connectivity index (χ0n) is 12.8. The van der Waals surface area contributed by atoms with Gasteiger partial charge < -0.3 is 9.80 Å². The van der Waals surface area contributed by atoms with E-state index >= 15 is 0 Å². The first kappa shape index (κ1) is 15.9. The van der Waals surface area contributed by atoms with Crippen LogP contribution in [-0.4, -0.2) is 48.4 Å². The molecular weight excluding hydrogens is 269 g/mol. The number of hydrogen-bond acceptors (Lipinski definition) is 3. The van der Waals surface area contributed by atoms with E-state index in [1.165, 1.54) is 6.07 Å². The summed E-state index contributed by atoms with van der Waals surface area (Å²) in [5.41, 5.74) is 0.547. The van der Waals surface area contributed by atoms with Crippen molar-refractivity contribution in [2.24, 2.45) is 0 Å². The maximum absolute atomic E-state index is 13.9. The first-order valence-corrected chi connectivity index (χ1v) is 7.67. The molecule has 116 valence electrons. The van der Waals surface area contributed by atoms with Gasteiger partial charge in [-0.15, -0.1) is 0 Å². The molecule has 0 aliphatic carbocycles. The molecule has 0 spiro atoms. The second-order valence-corrected chi connectivity index (χ2v) is 5.27. The molecule has 1 atom stereocenters. The van der Waals surface area contributed by atoms with E-state index in [1.807, 2.05) is 0 Å². The van der Waals surface area contributed by atoms with Crippen LogP contribution in [0.15, 0.2) is 24.3 Å². The summed E-state index contributed by atoms with van der Waals surface area (Å²) in [5, 5.41) is 3.10. The fourth-order valence-corrected chi connectivity index (χ4v) is 2.77. The Labute approximate surface area is 125 Å². The second-order valence-electron chi connectivity index (χ2n) is 5.27. The van der Waals surface area contributed by atoms with E-state index in [2.05, 4.69) is 24.1 Å². The van der Waals surface area contributed by atoms with Gasteiger partial charge in [-0.1, -0.05) is 32.0 Å². The molecule has 0 saturated carbocycles. The molecule has 1 heterocycles. The van der Waals surface area contributed by atoms with Crippen LogP contribution in [0.1, 0.15) is 32.0 Å². The average Bonchev–Trinajstić information content (AvgIpc) is 2.85. The molecule has 21 heavy (non-hydrogen) atoms. The summed E-state index contributed by atoms with van der Waals surface area (Å²) >= 11 is 0. The first-order chi connectivity index (χ1) is 10.2. The van der Waals surface area contributed by atoms with Crippen LogP contribution in [0.4, 0.5) is 4.39 Å². The average molecular weight is 293 g/mol. The van der Waals surface area contributed by atoms with E-state index < -0.39 is 0 Å². The number of carbonyl (C=O) groups excluding carboxylic acids is 1. The third-order valence-corrected chi connectivity index (χ3v) is 4.05. The standard InChI is InChI=1S/C16H24FN3O/c1-3-19(4-2)10-7-11-20-15(21)12-18-16(20)13-8-5-6-9-14(13)17/h5-6,8-9,16,18H,3-4,7,10-12H2,1-2H3. The number of hydrogen-bond donors (Lipinski definition) is 1. The quantitative estimate of drug-likeness (QED) is 0.835. The number of halogens is 1. The Hall–Kier alpha value is -1.46. The molecular formula is C16H24FN3O. The van der Waals surface area contributed by atoms with Crippen LogP contribution in [0.25, 0.3) is 0 Å². The van der Waals surface area contributed by atoms with Gasteiger partial charge in [-0.05, 0) is 32.1 Å². The molecule has 4 nitrogen and oxygen atoms in total. The minimum atomic E-state index is -0.338. The van der Waals surface area contributed by atoms with Crippen molar-refractivity contribution in [2.45, 2.75) is 26.4 Å². The molecule has 1 unspecified atom stereocenters. The maximum Gasteiger partial charge on any atom is 0.238 e. The molecule has 1 amide bonds. The van der Waals surface area contributed by atoms with Gasteiger partial charge in [0.15, 0.2) is 0 Å². The Morgan fingerprint density at radius 2 is 2.05 bits per heavy atom. The number of amides is 1. The predicted octanol–water partition coefficient (Wildman–Crippen LogP) is 1.99. The van der Waals surface area contributed by atoms with Gasteiger partial charge in [0.05, 0.1) is 6.54 Å². The molecule has 1 aromatic rings. The molecule has 0 bridgehead atoms. The zero-order valence-corrected chi connectivity index (χ0v) is 12.8. The smallest absolute Gasteiger partial charge is 0.238 e. The van der Waals surface area contributed by atoms with Crippen molar-refractivity contribution in [3.63, 3.8) is 0 Å². The topological polar surface area (TPSA) is 35.6 Å². The predicted molar refractivity (Wildman–Crippen MR) is 81.3 cm³/mol. The van der Waals surface area contributed by atoms with E-state index in [-0.39, 0.29) is 24.4 Å². The van der Waals surface area contributed by atoms with Gasteiger partial charge in [-0.3, -0.25) is 10.1 Å². The Kier molecular flexibility index (Phi) is 5.70. The van der Waals surface area contributed by atoms with Gasteiger partial charge in [0.1, 0.15) is 12.0 Å². The highest BCUT2D eigenvalue weighted by Crippen LogP contribution is 2.24. The van der Waals surface area contributed by atoms with Crippen molar-refractivity contribution < 1.29 is 9.18 Å². The van der Waals surface area contributed by atoms with Crippen LogP contribution in [0.2, 0.25) is 0 Å². The maximum atomic E-state index is 13.9. The second kappa shape index (κ2) is 7.52. The van der Waals surface area contributed by atoms with Crippen LogP contribution < -0.4 is 5.32 Å². The van der Waals surface area contributed by atoms with Crippen molar-refractivity contribution in [3.05, 3.63) is 35.6 Å². The molecule has 2 rings (SSSR count). The van der Waals surface area contributed by atoms with E-state index in [0.29, 0.717) is 12.1 Å². The number of benzene rings is 1. The third kappa shape index (κ3) is 3.80. The van der Waals surface area contributed by atoms with Crippen LogP contribution in [0.3, 0.4) is 0 Å². The molecule has 1 aromatic carbocycles. The highest BCUT2D eigenvalue weighted by atomic mass is 19.1. The molecule has 1 aliphatic heterocycles. The molecule has 1 N–H and O–H groups in total. The van der Waals surface area contributed by atoms with Crippen molar-refractivity contribution in [1.82, 2.24) is 15.1 Å². The largest absolute Gasteiger partial charge is 0.322 e. The Balaban J connectivity index is 1.99. The first-order valence-electron chi connectivity index (χ1n) is 7.67. The summed E-state index contributed by atoms with van der Waals surface area (Å²) in [6.07, 6.45) is 0.565. The Morgan fingerprint density at radius 3 is 2.71 bits per heavy atom. The van der Waals surface area contributed by atoms with Crippen LogP contribution in [-0.2, 0) is 4.79 Å². The summed E-state index contributed by atoms with van der Waals surface area (Å²) < 4.78 is 13.9. The lowest BCUT2D eigenvalue weighted by atomic mass is 10.1. The normalized spacial score (nSPS) is 18.8. The Morgan fingerprint density at radius 1 is 1.33 bits per heavy atom. The molecule has 1 fully saturated rings. The number of rotatable bonds is 7. The highest BCUT2D eigenvalue weighted by molar-refractivity contribution is 5.80. The summed E-state index contributed by atoms with van der Waals surface area (Å²) in [7, 11) is 0. The van der Waals surface area contributed by atoms with E-state index in [4.69, 9.17) is 0 Å². The summed E-state index contributed by atoms with van der Waals surface area (Å²) in [4.78, 5) is 16.1. The van der Waals surface area contributed by atoms with Crippen molar-refractivity contribution >= 4 is 5.91 Å². The minimum Gasteiger partial charge on any atom is -0.322 e. The monoisotopic (exact) mass is 293 g/mol. The molecule has 1 saturated heterocycles. The van der Waals surface area contributed by atoms with Crippen molar-refractivity contribution in [1.29, 1.82) is 0 Å². The van der Waals surface area contributed by atoms with Crippen LogP contribution >= 0.6 is 0 Å². The molecule has 1 aliphatic rings. The summed E-state index contributed by atoms with van der Waals surface area (Å²) in [6.45, 7) is 8.19. The lowest BCUT2D eigenvalue weighted by Gasteiger charge is -2.26. The summed E-state index contributed by atoms with van der Waals surface area (Å²) in [6, 6.07) is 6.65. The van der Waals surface area contributed by atoms with Gasteiger partial charge in [-0.2, -0.15) is 0 Å². The Bertz CT molecular complexity index is 476. The SMILES string of the molecule is CCN(CC)CCCN1C(=O)CNC1c1ccccc1F. The number of carbonyl (C=O) groups is 1. The van der Waals surface area contributed by atoms with Gasteiger partial charge in [0, 0.05) is 12.1 Å². The van der Waals surface area contributed by atoms with Crippen LogP contribution in [0.5, 0.6) is 0 Å². The molecule has 0 aromatic heterocycles.